The Bertz CT molecular complexity index is 107. The van der Waals surface area contributed by atoms with Gasteiger partial charge in [0, 0.05) is 6.42 Å². The van der Waals surface area contributed by atoms with Gasteiger partial charge in [0.2, 0.25) is 0 Å². The van der Waals surface area contributed by atoms with Gasteiger partial charge in [-0.3, -0.25) is 0 Å². The molecule has 0 atom stereocenters. The molecule has 1 heterocycles. The van der Waals surface area contributed by atoms with Crippen LogP contribution >= 0.6 is 0 Å². The van der Waals surface area contributed by atoms with Gasteiger partial charge in [-0.05, 0) is 6.42 Å². The maximum atomic E-state index is 9.89. The molecule has 7 heavy (non-hydrogen) atoms. The molecule has 1 aliphatic heterocycles. The van der Waals surface area contributed by atoms with Crippen LogP contribution < -0.4 is 0 Å². The molecule has 0 amide bonds. The van der Waals surface area contributed by atoms with Crippen LogP contribution in [0, 0.1) is 0 Å². The second kappa shape index (κ2) is 2.23. The molecule has 1 rings (SSSR count). The first-order chi connectivity index (χ1) is 3.43. The summed E-state index contributed by atoms with van der Waals surface area (Å²) in [6.07, 6.45) is 1.87. The number of hydrogen-bond acceptors (Lipinski definition) is 2. The van der Waals surface area contributed by atoms with Gasteiger partial charge in [0.15, 0.2) is 0 Å². The minimum atomic E-state index is 0.477. The van der Waals surface area contributed by atoms with Crippen molar-refractivity contribution in [2.45, 2.75) is 12.8 Å². The van der Waals surface area contributed by atoms with Gasteiger partial charge in [-0.1, -0.05) is 0 Å². The standard InChI is InChI=1S/C4H6O2S/c5-7-4-2-1-3-6-4/h1-3H2. The van der Waals surface area contributed by atoms with Crippen LogP contribution in [0.1, 0.15) is 12.8 Å². The Morgan fingerprint density at radius 2 is 2.57 bits per heavy atom. The minimum absolute atomic E-state index is 0.477. The van der Waals surface area contributed by atoms with Crippen molar-refractivity contribution in [3.05, 3.63) is 0 Å². The molecule has 0 aromatic rings. The largest absolute Gasteiger partial charge is 0.337 e. The summed E-state index contributed by atoms with van der Waals surface area (Å²) in [6, 6.07) is 0. The second-order valence-corrected chi connectivity index (χ2v) is 2.03. The summed E-state index contributed by atoms with van der Waals surface area (Å²) in [5.74, 6) is 0. The van der Waals surface area contributed by atoms with E-state index in [9.17, 15) is 4.21 Å². The lowest BCUT2D eigenvalue weighted by atomic mass is 10.4. The lowest BCUT2D eigenvalue weighted by Gasteiger charge is -1.80. The highest BCUT2D eigenvalue weighted by atomic mass is 32.1. The van der Waals surface area contributed by atoms with Crippen LogP contribution in [0.2, 0.25) is 0 Å². The minimum Gasteiger partial charge on any atom is -0.337 e. The second-order valence-electron chi connectivity index (χ2n) is 1.41. The topological polar surface area (TPSA) is 26.3 Å². The van der Waals surface area contributed by atoms with Crippen LogP contribution in [0.4, 0.5) is 0 Å². The smallest absolute Gasteiger partial charge is 0.145 e. The summed E-state index contributed by atoms with van der Waals surface area (Å²) >= 11 is 0.477. The SMILES string of the molecule is O=S=C1CCCO1. The molecule has 0 bridgehead atoms. The molecule has 0 aliphatic carbocycles. The van der Waals surface area contributed by atoms with Gasteiger partial charge in [-0.25, -0.2) is 4.21 Å². The summed E-state index contributed by atoms with van der Waals surface area (Å²) in [7, 11) is 0. The molecule has 0 spiro atoms. The predicted octanol–water partition coefficient (Wildman–Crippen LogP) is 0.140. The van der Waals surface area contributed by atoms with Gasteiger partial charge in [0.1, 0.15) is 16.3 Å². The third-order valence-corrected chi connectivity index (χ3v) is 1.39. The maximum Gasteiger partial charge on any atom is 0.145 e. The molecule has 1 aliphatic rings. The Labute approximate surface area is 45.6 Å². The van der Waals surface area contributed by atoms with Gasteiger partial charge in [-0.2, -0.15) is 0 Å². The zero-order chi connectivity index (χ0) is 5.11. The van der Waals surface area contributed by atoms with Crippen molar-refractivity contribution in [1.29, 1.82) is 0 Å². The molecule has 3 heteroatoms. The van der Waals surface area contributed by atoms with E-state index in [0.717, 1.165) is 19.4 Å². The Kier molecular flexibility index (Phi) is 1.59. The van der Waals surface area contributed by atoms with Crippen molar-refractivity contribution in [2.75, 3.05) is 6.61 Å². The molecule has 0 saturated carbocycles. The van der Waals surface area contributed by atoms with E-state index in [1.54, 1.807) is 0 Å². The van der Waals surface area contributed by atoms with Gasteiger partial charge in [0.05, 0.1) is 6.61 Å². The van der Waals surface area contributed by atoms with Crippen LogP contribution in [0.25, 0.3) is 0 Å². The van der Waals surface area contributed by atoms with Crippen molar-refractivity contribution in [3.63, 3.8) is 0 Å². The molecule has 1 fully saturated rings. The van der Waals surface area contributed by atoms with E-state index < -0.39 is 0 Å². The molecule has 1 saturated heterocycles. The van der Waals surface area contributed by atoms with E-state index in [4.69, 9.17) is 4.74 Å². The molecule has 2 nitrogen and oxygen atoms in total. The fraction of sp³-hybridized carbons (Fsp3) is 0.750. The van der Waals surface area contributed by atoms with Crippen LogP contribution in [0.5, 0.6) is 0 Å². The number of hydrogen-bond donors (Lipinski definition) is 0. The highest BCUT2D eigenvalue weighted by Crippen LogP contribution is 2.02. The van der Waals surface area contributed by atoms with E-state index in [1.807, 2.05) is 0 Å². The molecule has 0 radical (unpaired) electrons. The summed E-state index contributed by atoms with van der Waals surface area (Å²) in [5.41, 5.74) is 0. The molecule has 40 valence electrons. The van der Waals surface area contributed by atoms with Crippen molar-refractivity contribution >= 4 is 16.3 Å². The first-order valence-electron chi connectivity index (χ1n) is 2.22. The van der Waals surface area contributed by atoms with Crippen molar-refractivity contribution in [3.8, 4) is 0 Å². The van der Waals surface area contributed by atoms with Crippen LogP contribution in [0.3, 0.4) is 0 Å². The quantitative estimate of drug-likeness (QED) is 0.423. The molecular formula is C4H6O2S. The van der Waals surface area contributed by atoms with Gasteiger partial charge < -0.3 is 4.74 Å². The van der Waals surface area contributed by atoms with Gasteiger partial charge in [0.25, 0.3) is 0 Å². The Hall–Kier alpha value is -0.150. The van der Waals surface area contributed by atoms with Crippen LogP contribution in [0.15, 0.2) is 0 Å². The van der Waals surface area contributed by atoms with E-state index in [-0.39, 0.29) is 0 Å². The number of rotatable bonds is 0. The molecule has 0 N–H and O–H groups in total. The lowest BCUT2D eigenvalue weighted by molar-refractivity contribution is 0.350. The van der Waals surface area contributed by atoms with E-state index in [1.165, 1.54) is 0 Å². The van der Waals surface area contributed by atoms with Crippen LogP contribution in [-0.2, 0) is 16.0 Å². The fourth-order valence-electron chi connectivity index (χ4n) is 0.540. The van der Waals surface area contributed by atoms with Crippen molar-refractivity contribution in [1.82, 2.24) is 0 Å². The van der Waals surface area contributed by atoms with Gasteiger partial charge >= 0.3 is 0 Å². The molecule has 0 aromatic heterocycles. The number of ether oxygens (including phenoxy) is 1. The Morgan fingerprint density at radius 3 is 2.86 bits per heavy atom. The lowest BCUT2D eigenvalue weighted by Crippen LogP contribution is -1.89. The monoisotopic (exact) mass is 118 g/mol. The van der Waals surface area contributed by atoms with Gasteiger partial charge in [-0.15, -0.1) is 0 Å². The zero-order valence-corrected chi connectivity index (χ0v) is 4.66. The third kappa shape index (κ3) is 1.11. The first kappa shape index (κ1) is 5.00. The summed E-state index contributed by atoms with van der Waals surface area (Å²) < 4.78 is 14.8. The molecule has 0 aromatic carbocycles. The average Bonchev–Trinajstić information content (AvgIpc) is 2.14. The fourth-order valence-corrected chi connectivity index (χ4v) is 0.900. The third-order valence-electron chi connectivity index (χ3n) is 0.881. The van der Waals surface area contributed by atoms with E-state index >= 15 is 0 Å². The maximum absolute atomic E-state index is 9.89. The van der Waals surface area contributed by atoms with Crippen molar-refractivity contribution in [2.24, 2.45) is 0 Å². The molecule has 0 unspecified atom stereocenters. The van der Waals surface area contributed by atoms with E-state index in [2.05, 4.69) is 0 Å². The Balaban J connectivity index is 2.57. The summed E-state index contributed by atoms with van der Waals surface area (Å²) in [6.45, 7) is 0.741. The van der Waals surface area contributed by atoms with Crippen molar-refractivity contribution < 1.29 is 8.95 Å². The highest BCUT2D eigenvalue weighted by Gasteiger charge is 2.06. The van der Waals surface area contributed by atoms with E-state index in [0.29, 0.717) is 16.3 Å². The predicted molar refractivity (Wildman–Crippen MR) is 28.3 cm³/mol. The normalized spacial score (nSPS) is 20.3. The highest BCUT2D eigenvalue weighted by molar-refractivity contribution is 7.66. The average molecular weight is 118 g/mol. The molecular weight excluding hydrogens is 112 g/mol. The zero-order valence-electron chi connectivity index (χ0n) is 3.85. The summed E-state index contributed by atoms with van der Waals surface area (Å²) in [5, 5.41) is 0.653. The first-order valence-corrected chi connectivity index (χ1v) is 2.96. The van der Waals surface area contributed by atoms with Crippen LogP contribution in [-0.4, -0.2) is 15.9 Å². The Morgan fingerprint density at radius 1 is 1.71 bits per heavy atom. The summed E-state index contributed by atoms with van der Waals surface area (Å²) in [4.78, 5) is 0.